The van der Waals surface area contributed by atoms with Crippen molar-refractivity contribution < 1.29 is 19.0 Å². The Morgan fingerprint density at radius 3 is 2.87 bits per heavy atom. The van der Waals surface area contributed by atoms with Crippen LogP contribution < -0.4 is 4.74 Å². The zero-order valence-corrected chi connectivity index (χ0v) is 7.89. The SMILES string of the molecule is O=C(O)N1CC(Oc2cccc(F)c2)C1. The molecule has 0 atom stereocenters. The number of carbonyl (C=O) groups is 1. The van der Waals surface area contributed by atoms with Gasteiger partial charge in [0.2, 0.25) is 0 Å². The van der Waals surface area contributed by atoms with Crippen LogP contribution in [0, 0.1) is 5.82 Å². The first kappa shape index (κ1) is 9.76. The fourth-order valence-electron chi connectivity index (χ4n) is 1.40. The number of rotatable bonds is 2. The molecule has 1 saturated heterocycles. The van der Waals surface area contributed by atoms with E-state index in [4.69, 9.17) is 9.84 Å². The van der Waals surface area contributed by atoms with Crippen molar-refractivity contribution in [1.29, 1.82) is 0 Å². The van der Waals surface area contributed by atoms with Gasteiger partial charge in [-0.05, 0) is 12.1 Å². The number of likely N-dealkylation sites (tertiary alicyclic amines) is 1. The molecule has 0 unspecified atom stereocenters. The number of hydrogen-bond donors (Lipinski definition) is 1. The van der Waals surface area contributed by atoms with Gasteiger partial charge in [0.15, 0.2) is 0 Å². The fourth-order valence-corrected chi connectivity index (χ4v) is 1.40. The molecule has 4 nitrogen and oxygen atoms in total. The molecule has 1 aromatic carbocycles. The van der Waals surface area contributed by atoms with Crippen molar-refractivity contribution in [3.63, 3.8) is 0 Å². The van der Waals surface area contributed by atoms with Gasteiger partial charge in [-0.15, -0.1) is 0 Å². The van der Waals surface area contributed by atoms with Crippen LogP contribution in [0.5, 0.6) is 5.75 Å². The number of hydrogen-bond acceptors (Lipinski definition) is 2. The molecule has 1 heterocycles. The van der Waals surface area contributed by atoms with E-state index in [2.05, 4.69) is 0 Å². The summed E-state index contributed by atoms with van der Waals surface area (Å²) in [4.78, 5) is 11.7. The summed E-state index contributed by atoms with van der Waals surface area (Å²) < 4.78 is 18.1. The molecule has 1 N–H and O–H groups in total. The lowest BCUT2D eigenvalue weighted by Crippen LogP contribution is -2.55. The molecule has 1 aliphatic heterocycles. The van der Waals surface area contributed by atoms with E-state index in [0.717, 1.165) is 0 Å². The molecule has 0 aliphatic carbocycles. The summed E-state index contributed by atoms with van der Waals surface area (Å²) in [5.74, 6) is 0.0759. The van der Waals surface area contributed by atoms with Crippen LogP contribution in [0.4, 0.5) is 9.18 Å². The van der Waals surface area contributed by atoms with Crippen LogP contribution in [0.15, 0.2) is 24.3 Å². The molecule has 0 aromatic heterocycles. The summed E-state index contributed by atoms with van der Waals surface area (Å²) in [7, 11) is 0. The van der Waals surface area contributed by atoms with Gasteiger partial charge in [0.25, 0.3) is 0 Å². The molecule has 2 rings (SSSR count). The highest BCUT2D eigenvalue weighted by Gasteiger charge is 2.31. The Labute approximate surface area is 85.9 Å². The largest absolute Gasteiger partial charge is 0.487 e. The van der Waals surface area contributed by atoms with E-state index in [1.807, 2.05) is 0 Å². The molecule has 15 heavy (non-hydrogen) atoms. The number of ether oxygens (including phenoxy) is 1. The fraction of sp³-hybridized carbons (Fsp3) is 0.300. The van der Waals surface area contributed by atoms with Crippen LogP contribution in [0.1, 0.15) is 0 Å². The molecular formula is C10H10FNO3. The molecule has 1 fully saturated rings. The molecule has 0 saturated carbocycles. The Kier molecular flexibility index (Phi) is 2.45. The van der Waals surface area contributed by atoms with E-state index in [1.165, 1.54) is 17.0 Å². The standard InChI is InChI=1S/C10H10FNO3/c11-7-2-1-3-8(4-7)15-9-5-12(6-9)10(13)14/h1-4,9H,5-6H2,(H,13,14). The van der Waals surface area contributed by atoms with Gasteiger partial charge in [0.1, 0.15) is 17.7 Å². The minimum absolute atomic E-state index is 0.164. The molecule has 1 aromatic rings. The maximum Gasteiger partial charge on any atom is 0.407 e. The van der Waals surface area contributed by atoms with Crippen molar-refractivity contribution in [1.82, 2.24) is 4.90 Å². The minimum atomic E-state index is -0.950. The van der Waals surface area contributed by atoms with Crippen molar-refractivity contribution in [3.05, 3.63) is 30.1 Å². The molecule has 0 radical (unpaired) electrons. The Balaban J connectivity index is 1.87. The summed E-state index contributed by atoms with van der Waals surface area (Å²) in [5.41, 5.74) is 0. The first-order chi connectivity index (χ1) is 7.15. The molecule has 0 bridgehead atoms. The van der Waals surface area contributed by atoms with Gasteiger partial charge in [-0.1, -0.05) is 6.07 Å². The molecular weight excluding hydrogens is 201 g/mol. The van der Waals surface area contributed by atoms with E-state index in [1.54, 1.807) is 12.1 Å². The van der Waals surface area contributed by atoms with Crippen LogP contribution in [0.3, 0.4) is 0 Å². The molecule has 80 valence electrons. The van der Waals surface area contributed by atoms with Crippen LogP contribution in [0.25, 0.3) is 0 Å². The van der Waals surface area contributed by atoms with Crippen molar-refractivity contribution in [3.8, 4) is 5.75 Å². The summed E-state index contributed by atoms with van der Waals surface area (Å²) in [6.07, 6.45) is -1.11. The highest BCUT2D eigenvalue weighted by atomic mass is 19.1. The van der Waals surface area contributed by atoms with Crippen molar-refractivity contribution in [2.75, 3.05) is 13.1 Å². The lowest BCUT2D eigenvalue weighted by atomic mass is 10.2. The Hall–Kier alpha value is -1.78. The van der Waals surface area contributed by atoms with E-state index in [0.29, 0.717) is 18.8 Å². The van der Waals surface area contributed by atoms with Crippen LogP contribution in [0.2, 0.25) is 0 Å². The topological polar surface area (TPSA) is 49.8 Å². The van der Waals surface area contributed by atoms with Gasteiger partial charge < -0.3 is 14.7 Å². The molecule has 1 amide bonds. The summed E-state index contributed by atoms with van der Waals surface area (Å²) in [6.45, 7) is 0.678. The summed E-state index contributed by atoms with van der Waals surface area (Å²) in [6, 6.07) is 5.81. The van der Waals surface area contributed by atoms with Crippen molar-refractivity contribution >= 4 is 6.09 Å². The highest BCUT2D eigenvalue weighted by Crippen LogP contribution is 2.18. The van der Waals surface area contributed by atoms with Gasteiger partial charge in [-0.2, -0.15) is 0 Å². The third-order valence-electron chi connectivity index (χ3n) is 2.22. The number of halogens is 1. The van der Waals surface area contributed by atoms with E-state index < -0.39 is 6.09 Å². The number of nitrogens with zero attached hydrogens (tertiary/aromatic N) is 1. The van der Waals surface area contributed by atoms with E-state index in [-0.39, 0.29) is 11.9 Å². The minimum Gasteiger partial charge on any atom is -0.487 e. The molecule has 0 spiro atoms. The monoisotopic (exact) mass is 211 g/mol. The second-order valence-corrected chi connectivity index (χ2v) is 3.38. The third kappa shape index (κ3) is 2.18. The second kappa shape index (κ2) is 3.76. The number of benzene rings is 1. The van der Waals surface area contributed by atoms with Gasteiger partial charge >= 0.3 is 6.09 Å². The molecule has 5 heteroatoms. The number of carboxylic acid groups (broad SMARTS) is 1. The van der Waals surface area contributed by atoms with Crippen LogP contribution in [-0.4, -0.2) is 35.3 Å². The highest BCUT2D eigenvalue weighted by molar-refractivity contribution is 5.66. The maximum absolute atomic E-state index is 12.8. The van der Waals surface area contributed by atoms with Gasteiger partial charge in [0.05, 0.1) is 13.1 Å². The van der Waals surface area contributed by atoms with Gasteiger partial charge in [0, 0.05) is 6.07 Å². The van der Waals surface area contributed by atoms with Crippen molar-refractivity contribution in [2.45, 2.75) is 6.10 Å². The zero-order valence-electron chi connectivity index (χ0n) is 7.89. The predicted molar refractivity (Wildman–Crippen MR) is 50.4 cm³/mol. The number of amides is 1. The predicted octanol–water partition coefficient (Wildman–Crippen LogP) is 1.57. The van der Waals surface area contributed by atoms with Gasteiger partial charge in [-0.25, -0.2) is 9.18 Å². The van der Waals surface area contributed by atoms with E-state index >= 15 is 0 Å². The Morgan fingerprint density at radius 2 is 2.27 bits per heavy atom. The lowest BCUT2D eigenvalue weighted by Gasteiger charge is -2.36. The quantitative estimate of drug-likeness (QED) is 0.807. The average Bonchev–Trinajstić information content (AvgIpc) is 2.10. The van der Waals surface area contributed by atoms with E-state index in [9.17, 15) is 9.18 Å². The van der Waals surface area contributed by atoms with Gasteiger partial charge in [-0.3, -0.25) is 0 Å². The zero-order chi connectivity index (χ0) is 10.8. The molecule has 1 aliphatic rings. The second-order valence-electron chi connectivity index (χ2n) is 3.38. The first-order valence-electron chi connectivity index (χ1n) is 4.55. The lowest BCUT2D eigenvalue weighted by molar-refractivity contribution is 0.0250. The smallest absolute Gasteiger partial charge is 0.407 e. The van der Waals surface area contributed by atoms with Crippen LogP contribution in [-0.2, 0) is 0 Å². The summed E-state index contributed by atoms with van der Waals surface area (Å²) >= 11 is 0. The third-order valence-corrected chi connectivity index (χ3v) is 2.22. The van der Waals surface area contributed by atoms with Crippen molar-refractivity contribution in [2.24, 2.45) is 0 Å². The first-order valence-corrected chi connectivity index (χ1v) is 4.55. The average molecular weight is 211 g/mol. The Morgan fingerprint density at radius 1 is 1.53 bits per heavy atom. The summed E-state index contributed by atoms with van der Waals surface area (Å²) in [5, 5.41) is 8.57. The normalized spacial score (nSPS) is 15.9. The Bertz CT molecular complexity index is 377. The van der Waals surface area contributed by atoms with Crippen LogP contribution >= 0.6 is 0 Å². The maximum atomic E-state index is 12.8.